The lowest BCUT2D eigenvalue weighted by atomic mass is 10.2. The first kappa shape index (κ1) is 12.4. The summed E-state index contributed by atoms with van der Waals surface area (Å²) in [6.45, 7) is 1.78. The molecule has 4 heteroatoms. The van der Waals surface area contributed by atoms with E-state index in [2.05, 4.69) is 10.1 Å². The Labute approximate surface area is 96.2 Å². The molecule has 16 heavy (non-hydrogen) atoms. The molecule has 0 bridgehead atoms. The van der Waals surface area contributed by atoms with Gasteiger partial charge < -0.3 is 15.0 Å². The topological polar surface area (TPSA) is 41.6 Å². The molecule has 0 aliphatic carbocycles. The van der Waals surface area contributed by atoms with E-state index < -0.39 is 0 Å². The Morgan fingerprint density at radius 2 is 2.00 bits per heavy atom. The fourth-order valence-electron chi connectivity index (χ4n) is 1.45. The smallest absolute Gasteiger partial charge is 0.327 e. The van der Waals surface area contributed by atoms with Crippen LogP contribution in [-0.2, 0) is 9.53 Å². The molecule has 4 nitrogen and oxygen atoms in total. The molecule has 0 spiro atoms. The van der Waals surface area contributed by atoms with Crippen molar-refractivity contribution in [3.05, 3.63) is 24.3 Å². The first-order valence-corrected chi connectivity index (χ1v) is 5.17. The van der Waals surface area contributed by atoms with Gasteiger partial charge in [0.05, 0.1) is 18.5 Å². The number of ether oxygens (including phenoxy) is 1. The summed E-state index contributed by atoms with van der Waals surface area (Å²) in [6, 6.07) is 7.47. The molecule has 1 N–H and O–H groups in total. The molecular formula is C12H18N2O2. The number of esters is 1. The van der Waals surface area contributed by atoms with Gasteiger partial charge in [0.1, 0.15) is 6.04 Å². The van der Waals surface area contributed by atoms with Crippen LogP contribution in [0.2, 0.25) is 0 Å². The van der Waals surface area contributed by atoms with Crippen LogP contribution in [0, 0.1) is 0 Å². The van der Waals surface area contributed by atoms with Crippen molar-refractivity contribution < 1.29 is 9.53 Å². The van der Waals surface area contributed by atoms with Crippen molar-refractivity contribution >= 4 is 17.3 Å². The molecule has 0 fully saturated rings. The summed E-state index contributed by atoms with van der Waals surface area (Å²) in [5.41, 5.74) is 1.96. The molecule has 1 unspecified atom stereocenters. The molecule has 1 aromatic rings. The highest BCUT2D eigenvalue weighted by Gasteiger charge is 2.14. The number of benzene rings is 1. The maximum absolute atomic E-state index is 11.3. The van der Waals surface area contributed by atoms with Crippen LogP contribution in [-0.4, -0.2) is 33.2 Å². The number of carbonyl (C=O) groups excluding carboxylic acids is 1. The fourth-order valence-corrected chi connectivity index (χ4v) is 1.45. The quantitative estimate of drug-likeness (QED) is 0.788. The van der Waals surface area contributed by atoms with E-state index in [0.29, 0.717) is 0 Å². The molecule has 0 aliphatic heterocycles. The normalized spacial score (nSPS) is 11.8. The number of anilines is 2. The van der Waals surface area contributed by atoms with Crippen molar-refractivity contribution in [1.82, 2.24) is 0 Å². The van der Waals surface area contributed by atoms with Crippen LogP contribution in [0.3, 0.4) is 0 Å². The third kappa shape index (κ3) is 2.89. The van der Waals surface area contributed by atoms with Gasteiger partial charge in [-0.05, 0) is 19.1 Å². The predicted octanol–water partition coefficient (Wildman–Crippen LogP) is 1.73. The summed E-state index contributed by atoms with van der Waals surface area (Å²) in [5.74, 6) is -0.270. The van der Waals surface area contributed by atoms with Gasteiger partial charge in [0.25, 0.3) is 0 Å². The molecule has 1 rings (SSSR count). The van der Waals surface area contributed by atoms with Gasteiger partial charge in [0.2, 0.25) is 0 Å². The molecule has 0 heterocycles. The number of methoxy groups -OCH3 is 1. The zero-order valence-corrected chi connectivity index (χ0v) is 10.2. The minimum atomic E-state index is -0.355. The molecule has 1 aromatic carbocycles. The third-order valence-corrected chi connectivity index (χ3v) is 2.31. The van der Waals surface area contributed by atoms with E-state index in [1.165, 1.54) is 7.11 Å². The molecule has 0 amide bonds. The van der Waals surface area contributed by atoms with Crippen LogP contribution < -0.4 is 10.2 Å². The second-order valence-electron chi connectivity index (χ2n) is 3.80. The highest BCUT2D eigenvalue weighted by molar-refractivity contribution is 5.81. The second-order valence-corrected chi connectivity index (χ2v) is 3.80. The van der Waals surface area contributed by atoms with E-state index in [4.69, 9.17) is 0 Å². The standard InChI is InChI=1S/C12H18N2O2/c1-9(12(15)16-4)13-10-7-5-6-8-11(10)14(2)3/h5-9,13H,1-4H3. The number of hydrogen-bond acceptors (Lipinski definition) is 4. The monoisotopic (exact) mass is 222 g/mol. The summed E-state index contributed by atoms with van der Waals surface area (Å²) >= 11 is 0. The lowest BCUT2D eigenvalue weighted by Gasteiger charge is -2.20. The number of hydrogen-bond donors (Lipinski definition) is 1. The Kier molecular flexibility index (Phi) is 4.17. The summed E-state index contributed by atoms with van der Waals surface area (Å²) in [7, 11) is 5.31. The van der Waals surface area contributed by atoms with Crippen molar-refractivity contribution in [2.75, 3.05) is 31.4 Å². The van der Waals surface area contributed by atoms with Crippen LogP contribution in [0.5, 0.6) is 0 Å². The van der Waals surface area contributed by atoms with Gasteiger partial charge in [-0.1, -0.05) is 12.1 Å². The van der Waals surface area contributed by atoms with E-state index in [0.717, 1.165) is 11.4 Å². The minimum Gasteiger partial charge on any atom is -0.467 e. The first-order chi connectivity index (χ1) is 7.56. The molecule has 0 radical (unpaired) electrons. The SMILES string of the molecule is COC(=O)C(C)Nc1ccccc1N(C)C. The van der Waals surface area contributed by atoms with Crippen molar-refractivity contribution in [1.29, 1.82) is 0 Å². The summed E-state index contributed by atoms with van der Waals surface area (Å²) < 4.78 is 4.67. The van der Waals surface area contributed by atoms with Crippen LogP contribution in [0.15, 0.2) is 24.3 Å². The van der Waals surface area contributed by atoms with E-state index in [9.17, 15) is 4.79 Å². The van der Waals surface area contributed by atoms with Crippen LogP contribution in [0.4, 0.5) is 11.4 Å². The first-order valence-electron chi connectivity index (χ1n) is 5.17. The summed E-state index contributed by atoms with van der Waals surface area (Å²) in [4.78, 5) is 13.3. The molecule has 0 aliphatic rings. The lowest BCUT2D eigenvalue weighted by Crippen LogP contribution is -2.28. The number of nitrogens with one attached hydrogen (secondary N) is 1. The lowest BCUT2D eigenvalue weighted by molar-refractivity contribution is -0.141. The van der Waals surface area contributed by atoms with Gasteiger partial charge >= 0.3 is 5.97 Å². The van der Waals surface area contributed by atoms with E-state index >= 15 is 0 Å². The van der Waals surface area contributed by atoms with Crippen molar-refractivity contribution in [3.63, 3.8) is 0 Å². The summed E-state index contributed by atoms with van der Waals surface area (Å²) in [5, 5.41) is 3.13. The zero-order valence-electron chi connectivity index (χ0n) is 10.2. The van der Waals surface area contributed by atoms with Gasteiger partial charge in [0, 0.05) is 14.1 Å². The highest BCUT2D eigenvalue weighted by atomic mass is 16.5. The maximum Gasteiger partial charge on any atom is 0.327 e. The molecule has 0 saturated carbocycles. The molecule has 1 atom stereocenters. The number of rotatable bonds is 4. The van der Waals surface area contributed by atoms with Crippen molar-refractivity contribution in [2.24, 2.45) is 0 Å². The average Bonchev–Trinajstić information content (AvgIpc) is 2.28. The molecule has 0 aromatic heterocycles. The Balaban J connectivity index is 2.84. The number of nitrogens with zero attached hydrogens (tertiary/aromatic N) is 1. The van der Waals surface area contributed by atoms with Crippen molar-refractivity contribution in [3.8, 4) is 0 Å². The van der Waals surface area contributed by atoms with Crippen molar-refractivity contribution in [2.45, 2.75) is 13.0 Å². The van der Waals surface area contributed by atoms with Crippen LogP contribution in [0.1, 0.15) is 6.92 Å². The van der Waals surface area contributed by atoms with E-state index in [1.807, 2.05) is 43.3 Å². The van der Waals surface area contributed by atoms with Gasteiger partial charge in [-0.2, -0.15) is 0 Å². The van der Waals surface area contributed by atoms with E-state index in [-0.39, 0.29) is 12.0 Å². The van der Waals surface area contributed by atoms with Gasteiger partial charge in [-0.25, -0.2) is 4.79 Å². The number of para-hydroxylation sites is 2. The second kappa shape index (κ2) is 5.39. The van der Waals surface area contributed by atoms with E-state index in [1.54, 1.807) is 6.92 Å². The third-order valence-electron chi connectivity index (χ3n) is 2.31. The Morgan fingerprint density at radius 1 is 1.38 bits per heavy atom. The Hall–Kier alpha value is -1.71. The zero-order chi connectivity index (χ0) is 12.1. The maximum atomic E-state index is 11.3. The largest absolute Gasteiger partial charge is 0.467 e. The number of carbonyl (C=O) groups is 1. The Bertz CT molecular complexity index is 364. The van der Waals surface area contributed by atoms with Gasteiger partial charge in [0.15, 0.2) is 0 Å². The minimum absolute atomic E-state index is 0.270. The van der Waals surface area contributed by atoms with Crippen LogP contribution >= 0.6 is 0 Å². The fraction of sp³-hybridized carbons (Fsp3) is 0.417. The Morgan fingerprint density at radius 3 is 2.56 bits per heavy atom. The van der Waals surface area contributed by atoms with Gasteiger partial charge in [-0.15, -0.1) is 0 Å². The van der Waals surface area contributed by atoms with Crippen LogP contribution in [0.25, 0.3) is 0 Å². The van der Waals surface area contributed by atoms with Gasteiger partial charge in [-0.3, -0.25) is 0 Å². The predicted molar refractivity (Wildman–Crippen MR) is 65.9 cm³/mol. The molecular weight excluding hydrogens is 204 g/mol. The molecule has 0 saturated heterocycles. The molecule has 88 valence electrons. The average molecular weight is 222 g/mol. The highest BCUT2D eigenvalue weighted by Crippen LogP contribution is 2.24. The summed E-state index contributed by atoms with van der Waals surface area (Å²) in [6.07, 6.45) is 0.